The number of ether oxygens (including phenoxy) is 1. The Morgan fingerprint density at radius 3 is 3.03 bits per heavy atom. The lowest BCUT2D eigenvalue weighted by atomic mass is 10.0. The molecule has 5 heterocycles. The van der Waals surface area contributed by atoms with E-state index in [1.807, 2.05) is 19.5 Å². The van der Waals surface area contributed by atoms with E-state index in [0.717, 1.165) is 56.0 Å². The van der Waals surface area contributed by atoms with Gasteiger partial charge in [-0.25, -0.2) is 0 Å². The standard InChI is InChI=1S/C23H23N7O/c1-28-13-19(20(11-24)26-28)15-2-3-21-16(10-15)5-8-29(21)23-18-12-25-7-4-22(18)30(27-23)17-6-9-31-14-17/h2-3,7,10,13,17H,4-6,8-9,12,14H2,1H3/t17-/m0/s1. The average molecular weight is 413 g/mol. The molecule has 1 fully saturated rings. The molecular weight excluding hydrogens is 390 g/mol. The van der Waals surface area contributed by atoms with Gasteiger partial charge in [0, 0.05) is 55.8 Å². The number of benzene rings is 1. The van der Waals surface area contributed by atoms with Crippen LogP contribution in [0.3, 0.4) is 0 Å². The van der Waals surface area contributed by atoms with E-state index in [9.17, 15) is 5.26 Å². The van der Waals surface area contributed by atoms with Gasteiger partial charge in [-0.3, -0.25) is 14.4 Å². The summed E-state index contributed by atoms with van der Waals surface area (Å²) in [7, 11) is 1.84. The van der Waals surface area contributed by atoms with E-state index in [2.05, 4.69) is 43.9 Å². The first-order valence-corrected chi connectivity index (χ1v) is 10.7. The molecule has 8 nitrogen and oxygen atoms in total. The van der Waals surface area contributed by atoms with Gasteiger partial charge in [-0.15, -0.1) is 0 Å². The minimum Gasteiger partial charge on any atom is -0.379 e. The number of nitrogens with zero attached hydrogens (tertiary/aromatic N) is 7. The van der Waals surface area contributed by atoms with Gasteiger partial charge in [0.2, 0.25) is 0 Å². The molecular formula is C23H23N7O. The van der Waals surface area contributed by atoms with E-state index in [1.54, 1.807) is 4.68 Å². The van der Waals surface area contributed by atoms with Crippen LogP contribution in [0.4, 0.5) is 11.5 Å². The number of aryl methyl sites for hydroxylation is 1. The van der Waals surface area contributed by atoms with Crippen molar-refractivity contribution >= 4 is 17.7 Å². The van der Waals surface area contributed by atoms with Crippen LogP contribution < -0.4 is 4.90 Å². The molecule has 1 atom stereocenters. The van der Waals surface area contributed by atoms with E-state index in [0.29, 0.717) is 18.3 Å². The second-order valence-corrected chi connectivity index (χ2v) is 8.36. The highest BCUT2D eigenvalue weighted by molar-refractivity contribution is 5.77. The van der Waals surface area contributed by atoms with Crippen LogP contribution in [-0.4, -0.2) is 45.5 Å². The quantitative estimate of drug-likeness (QED) is 0.659. The summed E-state index contributed by atoms with van der Waals surface area (Å²) in [6.07, 6.45) is 6.70. The first-order valence-electron chi connectivity index (χ1n) is 10.7. The summed E-state index contributed by atoms with van der Waals surface area (Å²) >= 11 is 0. The molecule has 0 saturated carbocycles. The fourth-order valence-corrected chi connectivity index (χ4v) is 4.98. The van der Waals surface area contributed by atoms with Gasteiger partial charge in [-0.1, -0.05) is 6.07 Å². The van der Waals surface area contributed by atoms with Gasteiger partial charge in [0.05, 0.1) is 24.9 Å². The largest absolute Gasteiger partial charge is 0.379 e. The molecule has 3 aliphatic rings. The number of fused-ring (bicyclic) bond motifs is 2. The third-order valence-electron chi connectivity index (χ3n) is 6.49. The second kappa shape index (κ2) is 7.06. The Morgan fingerprint density at radius 2 is 2.19 bits per heavy atom. The third-order valence-corrected chi connectivity index (χ3v) is 6.49. The number of anilines is 2. The van der Waals surface area contributed by atoms with E-state index in [1.165, 1.54) is 22.5 Å². The van der Waals surface area contributed by atoms with Crippen LogP contribution in [0.5, 0.6) is 0 Å². The third kappa shape index (κ3) is 2.88. The summed E-state index contributed by atoms with van der Waals surface area (Å²) in [5.74, 6) is 1.03. The number of aromatic nitrogens is 4. The molecule has 1 saturated heterocycles. The van der Waals surface area contributed by atoms with Crippen molar-refractivity contribution < 1.29 is 4.74 Å². The molecule has 0 unspecified atom stereocenters. The first-order chi connectivity index (χ1) is 15.2. The Hall–Kier alpha value is -3.44. The zero-order valence-electron chi connectivity index (χ0n) is 17.5. The van der Waals surface area contributed by atoms with Crippen molar-refractivity contribution in [1.29, 1.82) is 5.26 Å². The maximum Gasteiger partial charge on any atom is 0.170 e. The van der Waals surface area contributed by atoms with Crippen molar-refractivity contribution in [2.45, 2.75) is 31.8 Å². The molecule has 0 bridgehead atoms. The van der Waals surface area contributed by atoms with Crippen LogP contribution in [0.15, 0.2) is 29.4 Å². The Balaban J connectivity index is 1.39. The average Bonchev–Trinajstić information content (AvgIpc) is 3.57. The smallest absolute Gasteiger partial charge is 0.170 e. The van der Waals surface area contributed by atoms with Gasteiger partial charge in [-0.2, -0.15) is 15.5 Å². The lowest BCUT2D eigenvalue weighted by molar-refractivity contribution is 0.184. The minimum atomic E-state index is 0.313. The number of rotatable bonds is 3. The summed E-state index contributed by atoms with van der Waals surface area (Å²) in [4.78, 5) is 6.88. The molecule has 2 aromatic heterocycles. The van der Waals surface area contributed by atoms with Gasteiger partial charge >= 0.3 is 0 Å². The molecule has 6 rings (SSSR count). The Labute approximate surface area is 180 Å². The maximum atomic E-state index is 9.42. The number of hydrogen-bond donors (Lipinski definition) is 0. The highest BCUT2D eigenvalue weighted by atomic mass is 16.5. The van der Waals surface area contributed by atoms with E-state index in [4.69, 9.17) is 9.84 Å². The predicted octanol–water partition coefficient (Wildman–Crippen LogP) is 2.94. The van der Waals surface area contributed by atoms with Crippen LogP contribution in [0.25, 0.3) is 11.1 Å². The Bertz CT molecular complexity index is 1240. The summed E-state index contributed by atoms with van der Waals surface area (Å²) in [6, 6.07) is 8.95. The normalized spacial score (nSPS) is 19.5. The van der Waals surface area contributed by atoms with Crippen molar-refractivity contribution in [3.05, 3.63) is 46.9 Å². The molecule has 0 spiro atoms. The number of hydrogen-bond acceptors (Lipinski definition) is 6. The zero-order valence-corrected chi connectivity index (χ0v) is 17.5. The van der Waals surface area contributed by atoms with Gasteiger partial charge in [-0.05, 0) is 36.1 Å². The molecule has 3 aliphatic heterocycles. The van der Waals surface area contributed by atoms with E-state index < -0.39 is 0 Å². The highest BCUT2D eigenvalue weighted by Crippen LogP contribution is 2.40. The van der Waals surface area contributed by atoms with Crippen LogP contribution in [0.1, 0.15) is 35.0 Å². The fourth-order valence-electron chi connectivity index (χ4n) is 4.98. The van der Waals surface area contributed by atoms with Crippen molar-refractivity contribution in [3.63, 3.8) is 0 Å². The monoisotopic (exact) mass is 413 g/mol. The van der Waals surface area contributed by atoms with Gasteiger partial charge in [0.25, 0.3) is 0 Å². The first kappa shape index (κ1) is 18.3. The molecule has 0 radical (unpaired) electrons. The van der Waals surface area contributed by atoms with Crippen LogP contribution in [-0.2, 0) is 31.2 Å². The van der Waals surface area contributed by atoms with Gasteiger partial charge in [0.15, 0.2) is 11.5 Å². The SMILES string of the molecule is Cn1cc(-c2ccc3c(c2)CCN3c2nn([C@H]3CCOC3)c3c2CN=CC3)c(C#N)n1. The summed E-state index contributed by atoms with van der Waals surface area (Å²) < 4.78 is 9.52. The fraction of sp³-hybridized carbons (Fsp3) is 0.391. The zero-order chi connectivity index (χ0) is 20.9. The lowest BCUT2D eigenvalue weighted by Gasteiger charge is -2.19. The van der Waals surface area contributed by atoms with Crippen molar-refractivity contribution in [3.8, 4) is 17.2 Å². The van der Waals surface area contributed by atoms with Crippen molar-refractivity contribution in [1.82, 2.24) is 19.6 Å². The molecule has 0 aliphatic carbocycles. The van der Waals surface area contributed by atoms with Gasteiger partial charge < -0.3 is 9.64 Å². The number of aliphatic imine (C=N–C) groups is 1. The molecule has 8 heteroatoms. The van der Waals surface area contributed by atoms with Crippen LogP contribution in [0, 0.1) is 11.3 Å². The maximum absolute atomic E-state index is 9.42. The molecule has 156 valence electrons. The molecule has 3 aromatic rings. The number of nitriles is 1. The van der Waals surface area contributed by atoms with Crippen LogP contribution in [0.2, 0.25) is 0 Å². The van der Waals surface area contributed by atoms with E-state index >= 15 is 0 Å². The molecule has 0 N–H and O–H groups in total. The summed E-state index contributed by atoms with van der Waals surface area (Å²) in [6.45, 7) is 3.11. The van der Waals surface area contributed by atoms with E-state index in [-0.39, 0.29) is 0 Å². The second-order valence-electron chi connectivity index (χ2n) is 8.36. The molecule has 0 amide bonds. The molecule has 31 heavy (non-hydrogen) atoms. The van der Waals surface area contributed by atoms with Crippen molar-refractivity contribution in [2.75, 3.05) is 24.7 Å². The Kier molecular flexibility index (Phi) is 4.18. The van der Waals surface area contributed by atoms with Crippen LogP contribution >= 0.6 is 0 Å². The summed E-state index contributed by atoms with van der Waals surface area (Å²) in [5, 5.41) is 18.8. The predicted molar refractivity (Wildman–Crippen MR) is 117 cm³/mol. The van der Waals surface area contributed by atoms with Crippen molar-refractivity contribution in [2.24, 2.45) is 12.0 Å². The summed E-state index contributed by atoms with van der Waals surface area (Å²) in [5.41, 5.74) is 7.36. The van der Waals surface area contributed by atoms with Gasteiger partial charge in [0.1, 0.15) is 6.07 Å². The highest BCUT2D eigenvalue weighted by Gasteiger charge is 2.31. The molecule has 1 aromatic carbocycles. The lowest BCUT2D eigenvalue weighted by Crippen LogP contribution is -2.16. The Morgan fingerprint density at radius 1 is 1.26 bits per heavy atom. The topological polar surface area (TPSA) is 84.3 Å². The minimum absolute atomic E-state index is 0.313.